The second-order valence-electron chi connectivity index (χ2n) is 7.45. The van der Waals surface area contributed by atoms with E-state index in [1.54, 1.807) is 6.92 Å². The Morgan fingerprint density at radius 3 is 2.73 bits per heavy atom. The highest BCUT2D eigenvalue weighted by Gasteiger charge is 2.50. The van der Waals surface area contributed by atoms with Crippen molar-refractivity contribution in [3.63, 3.8) is 0 Å². The smallest absolute Gasteiger partial charge is 0.425 e. The zero-order valence-corrected chi connectivity index (χ0v) is 17.7. The average molecular weight is 464 g/mol. The third-order valence-corrected chi connectivity index (χ3v) is 4.93. The minimum absolute atomic E-state index is 0.0477. The lowest BCUT2D eigenvalue weighted by Crippen LogP contribution is -2.46. The molecule has 1 aromatic heterocycles. The van der Waals surface area contributed by atoms with E-state index in [9.17, 15) is 22.4 Å². The minimum atomic E-state index is -4.70. The van der Waals surface area contributed by atoms with E-state index in [1.807, 2.05) is 0 Å². The van der Waals surface area contributed by atoms with E-state index in [1.165, 1.54) is 31.5 Å². The Morgan fingerprint density at radius 1 is 1.33 bits per heavy atom. The second kappa shape index (κ2) is 9.44. The van der Waals surface area contributed by atoms with Gasteiger partial charge < -0.3 is 15.2 Å². The van der Waals surface area contributed by atoms with Gasteiger partial charge in [0.2, 0.25) is 5.88 Å². The fourth-order valence-electron chi connectivity index (χ4n) is 3.30. The zero-order chi connectivity index (χ0) is 24.2. The first-order valence-electron chi connectivity index (χ1n) is 9.77. The number of hydrogen-bond acceptors (Lipinski definition) is 7. The van der Waals surface area contributed by atoms with Crippen LogP contribution in [0.1, 0.15) is 41.9 Å². The molecule has 0 fully saturated rings. The van der Waals surface area contributed by atoms with Crippen molar-refractivity contribution in [2.45, 2.75) is 44.5 Å². The number of nitrogens with zero attached hydrogens (tertiary/aromatic N) is 3. The number of aromatic nitrogens is 2. The van der Waals surface area contributed by atoms with Crippen LogP contribution >= 0.6 is 0 Å². The van der Waals surface area contributed by atoms with Gasteiger partial charge in [0.25, 0.3) is 6.02 Å². The number of aliphatic imine (C=N–C) groups is 1. The van der Waals surface area contributed by atoms with E-state index in [4.69, 9.17) is 10.5 Å². The van der Waals surface area contributed by atoms with Gasteiger partial charge in [0.05, 0.1) is 17.9 Å². The van der Waals surface area contributed by atoms with Gasteiger partial charge in [-0.05, 0) is 31.5 Å². The first-order chi connectivity index (χ1) is 15.5. The van der Waals surface area contributed by atoms with Crippen molar-refractivity contribution in [1.82, 2.24) is 9.97 Å². The predicted molar refractivity (Wildman–Crippen MR) is 110 cm³/mol. The first kappa shape index (κ1) is 24.0. The van der Waals surface area contributed by atoms with Gasteiger partial charge in [-0.1, -0.05) is 12.0 Å². The van der Waals surface area contributed by atoms with Gasteiger partial charge in [-0.3, -0.25) is 4.79 Å². The maximum Gasteiger partial charge on any atom is 0.425 e. The number of rotatable bonds is 6. The number of hydrogen-bond donors (Lipinski definition) is 1. The molecular formula is C22H20F4N4O3. The minimum Gasteiger partial charge on any atom is -0.463 e. The van der Waals surface area contributed by atoms with Crippen molar-refractivity contribution in [2.24, 2.45) is 10.7 Å². The van der Waals surface area contributed by atoms with Crippen molar-refractivity contribution < 1.29 is 31.8 Å². The van der Waals surface area contributed by atoms with Crippen LogP contribution in [-0.2, 0) is 16.7 Å². The molecule has 0 saturated heterocycles. The van der Waals surface area contributed by atoms with Gasteiger partial charge >= 0.3 is 6.18 Å². The van der Waals surface area contributed by atoms with Crippen molar-refractivity contribution in [2.75, 3.05) is 6.61 Å². The fraction of sp³-hybridized carbons (Fsp3) is 0.364. The number of amidine groups is 1. The highest BCUT2D eigenvalue weighted by atomic mass is 19.4. The molecule has 0 saturated carbocycles. The summed E-state index contributed by atoms with van der Waals surface area (Å²) in [7, 11) is 0. The van der Waals surface area contributed by atoms with Crippen LogP contribution in [0.4, 0.5) is 17.6 Å². The molecule has 3 rings (SSSR count). The molecular weight excluding hydrogens is 444 g/mol. The molecule has 11 heteroatoms. The summed E-state index contributed by atoms with van der Waals surface area (Å²) >= 11 is 0. The Bertz CT molecular complexity index is 1120. The molecule has 2 aromatic rings. The Labute approximate surface area is 187 Å². The molecule has 0 spiro atoms. The number of carbonyl (C=O) groups is 1. The largest absolute Gasteiger partial charge is 0.463 e. The molecule has 0 radical (unpaired) electrons. The average Bonchev–Trinajstić information content (AvgIpc) is 2.74. The van der Waals surface area contributed by atoms with Gasteiger partial charge in [-0.25, -0.2) is 19.4 Å². The zero-order valence-electron chi connectivity index (χ0n) is 17.7. The molecule has 1 aliphatic rings. The molecule has 1 aliphatic heterocycles. The predicted octanol–water partition coefficient (Wildman–Crippen LogP) is 3.32. The Morgan fingerprint density at radius 2 is 2.09 bits per heavy atom. The number of Topliss-reactive ketones (excluding diaryl/α,β-unsaturated/α-hetero) is 1. The second-order valence-corrected chi connectivity index (χ2v) is 7.45. The lowest BCUT2D eigenvalue weighted by Gasteiger charge is -2.36. The Hall–Kier alpha value is -3.68. The summed E-state index contributed by atoms with van der Waals surface area (Å²) in [6.07, 6.45) is -5.27. The maximum atomic E-state index is 14.6. The quantitative estimate of drug-likeness (QED) is 0.400. The van der Waals surface area contributed by atoms with E-state index in [0.29, 0.717) is 5.56 Å². The normalized spacial score (nSPS) is 20.2. The van der Waals surface area contributed by atoms with Gasteiger partial charge in [0, 0.05) is 18.4 Å². The fourth-order valence-corrected chi connectivity index (χ4v) is 3.30. The number of nitrogens with two attached hydrogens (primary N) is 1. The van der Waals surface area contributed by atoms with Gasteiger partial charge in [-0.15, -0.1) is 5.92 Å². The van der Waals surface area contributed by atoms with Crippen molar-refractivity contribution >= 4 is 11.8 Å². The highest BCUT2D eigenvalue weighted by Crippen LogP contribution is 2.41. The molecule has 0 unspecified atom stereocenters. The highest BCUT2D eigenvalue weighted by molar-refractivity contribution is 5.95. The molecule has 0 aliphatic carbocycles. The molecule has 0 amide bonds. The molecule has 0 bridgehead atoms. The van der Waals surface area contributed by atoms with Crippen molar-refractivity contribution in [1.29, 1.82) is 0 Å². The van der Waals surface area contributed by atoms with Gasteiger partial charge in [0.15, 0.2) is 18.5 Å². The monoisotopic (exact) mass is 464 g/mol. The van der Waals surface area contributed by atoms with E-state index in [2.05, 4.69) is 31.5 Å². The van der Waals surface area contributed by atoms with Crippen LogP contribution in [0.2, 0.25) is 0 Å². The Balaban J connectivity index is 1.80. The van der Waals surface area contributed by atoms with Gasteiger partial charge in [-0.2, -0.15) is 13.2 Å². The number of alkyl halides is 3. The third-order valence-electron chi connectivity index (χ3n) is 4.93. The number of ether oxygens (including phenoxy) is 2. The maximum absolute atomic E-state index is 14.6. The molecule has 2 N–H and O–H groups in total. The number of halogens is 4. The first-order valence-corrected chi connectivity index (χ1v) is 9.77. The van der Waals surface area contributed by atoms with Crippen LogP contribution in [0.3, 0.4) is 0 Å². The lowest BCUT2D eigenvalue weighted by atomic mass is 9.84. The molecule has 33 heavy (non-hydrogen) atoms. The summed E-state index contributed by atoms with van der Waals surface area (Å²) in [6, 6.07) is 3.05. The van der Waals surface area contributed by atoms with Crippen LogP contribution in [0.25, 0.3) is 0 Å². The van der Waals surface area contributed by atoms with Gasteiger partial charge in [0.1, 0.15) is 11.5 Å². The SMILES string of the molecule is CC#CCOc1cnc(C(=O)Cc2ccc(F)c([C@]3(C)C[C@@H](C(F)(F)F)OC(N)=N3)c2)cn1. The van der Waals surface area contributed by atoms with Crippen LogP contribution in [0, 0.1) is 17.7 Å². The van der Waals surface area contributed by atoms with E-state index < -0.39 is 41.9 Å². The van der Waals surface area contributed by atoms with Crippen LogP contribution < -0.4 is 10.5 Å². The standard InChI is InChI=1S/C22H20F4N4O3/c1-3-4-7-32-19-12-28-16(11-29-19)17(31)9-13-5-6-15(23)14(8-13)21(2)10-18(22(24,25)26)33-20(27)30-21/h5-6,8,11-12,18H,7,9-10H2,1-2H3,(H2,27,30)/t18-,21-/m0/s1. The van der Waals surface area contributed by atoms with E-state index >= 15 is 0 Å². The summed E-state index contributed by atoms with van der Waals surface area (Å²) in [5.74, 6) is 4.35. The van der Waals surface area contributed by atoms with Crippen LogP contribution in [0.5, 0.6) is 5.88 Å². The Kier molecular flexibility index (Phi) is 6.86. The summed E-state index contributed by atoms with van der Waals surface area (Å²) in [5.41, 5.74) is 4.10. The molecule has 7 nitrogen and oxygen atoms in total. The van der Waals surface area contributed by atoms with Crippen molar-refractivity contribution in [3.05, 3.63) is 53.2 Å². The summed E-state index contributed by atoms with van der Waals surface area (Å²) < 4.78 is 64.1. The topological polar surface area (TPSA) is 99.7 Å². The molecule has 174 valence electrons. The summed E-state index contributed by atoms with van der Waals surface area (Å²) in [4.78, 5) is 24.5. The van der Waals surface area contributed by atoms with E-state index in [0.717, 1.165) is 6.07 Å². The lowest BCUT2D eigenvalue weighted by molar-refractivity contribution is -0.208. The van der Waals surface area contributed by atoms with Crippen molar-refractivity contribution in [3.8, 4) is 17.7 Å². The molecule has 1 aromatic carbocycles. The molecule has 2 heterocycles. The van der Waals surface area contributed by atoms with Crippen LogP contribution in [0.15, 0.2) is 35.6 Å². The molecule has 2 atom stereocenters. The number of ketones is 1. The van der Waals surface area contributed by atoms with Crippen LogP contribution in [-0.4, -0.2) is 40.7 Å². The van der Waals surface area contributed by atoms with E-state index in [-0.39, 0.29) is 30.2 Å². The summed E-state index contributed by atoms with van der Waals surface area (Å²) in [6.45, 7) is 3.12. The summed E-state index contributed by atoms with van der Waals surface area (Å²) in [5, 5.41) is 0. The number of benzene rings is 1. The third kappa shape index (κ3) is 5.77. The number of carbonyl (C=O) groups excluding carboxylic acids is 1.